The molecule has 0 saturated carbocycles. The number of ether oxygens (including phenoxy) is 2. The Morgan fingerprint density at radius 2 is 1.78 bits per heavy atom. The van der Waals surface area contributed by atoms with Crippen molar-refractivity contribution in [3.8, 4) is 0 Å². The van der Waals surface area contributed by atoms with Crippen LogP contribution in [0.3, 0.4) is 0 Å². The Hall–Kier alpha value is -2.87. The zero-order valence-electron chi connectivity index (χ0n) is 12.8. The first-order valence-corrected chi connectivity index (χ1v) is 6.66. The molecular weight excluding hydrogens is 304 g/mol. The molecule has 0 heterocycles. The first kappa shape index (κ1) is 18.2. The molecule has 3 N–H and O–H groups in total. The van der Waals surface area contributed by atoms with Crippen molar-refractivity contribution < 1.29 is 29.0 Å². The van der Waals surface area contributed by atoms with E-state index in [9.17, 15) is 14.4 Å². The van der Waals surface area contributed by atoms with Crippen molar-refractivity contribution in [3.05, 3.63) is 41.6 Å². The van der Waals surface area contributed by atoms with Crippen LogP contribution in [-0.2, 0) is 19.1 Å². The fraction of sp³-hybridized carbons (Fsp3) is 0.267. The second-order valence-electron chi connectivity index (χ2n) is 4.25. The van der Waals surface area contributed by atoms with Crippen LogP contribution in [0.1, 0.15) is 10.4 Å². The molecule has 0 aromatic heterocycles. The van der Waals surface area contributed by atoms with E-state index in [0.29, 0.717) is 11.3 Å². The van der Waals surface area contributed by atoms with E-state index in [4.69, 9.17) is 5.11 Å². The van der Waals surface area contributed by atoms with Crippen LogP contribution in [0.25, 0.3) is 0 Å². The molecule has 23 heavy (non-hydrogen) atoms. The number of amides is 1. The standard InChI is InChI=1S/C15H18N2O6/c1-22-13(19)9-12(15(21)23-2)17-11-5-3-10(4-6-11)14(20)16-7-8-18/h3-6,9,17-18H,7-8H2,1-2H3,(H,16,20)/b12-9+. The number of hydrogen-bond donors (Lipinski definition) is 3. The molecule has 1 aromatic carbocycles. The number of methoxy groups -OCH3 is 2. The van der Waals surface area contributed by atoms with Gasteiger partial charge in [-0.1, -0.05) is 0 Å². The highest BCUT2D eigenvalue weighted by molar-refractivity contribution is 5.99. The number of nitrogens with one attached hydrogen (secondary N) is 2. The summed E-state index contributed by atoms with van der Waals surface area (Å²) in [5, 5.41) is 13.9. The largest absolute Gasteiger partial charge is 0.466 e. The monoisotopic (exact) mass is 322 g/mol. The Bertz CT molecular complexity index is 594. The molecule has 0 spiro atoms. The summed E-state index contributed by atoms with van der Waals surface area (Å²) in [6.45, 7) is 0.0133. The Kier molecular flexibility index (Phi) is 7.28. The Morgan fingerprint density at radius 3 is 2.30 bits per heavy atom. The minimum absolute atomic E-state index is 0.100. The summed E-state index contributed by atoms with van der Waals surface area (Å²) in [6.07, 6.45) is 0.966. The van der Waals surface area contributed by atoms with E-state index >= 15 is 0 Å². The molecule has 0 atom stereocenters. The topological polar surface area (TPSA) is 114 Å². The predicted octanol–water partition coefficient (Wildman–Crippen LogP) is 0.0505. The molecule has 8 heteroatoms. The quantitative estimate of drug-likeness (QED) is 0.480. The van der Waals surface area contributed by atoms with Crippen LogP contribution >= 0.6 is 0 Å². The van der Waals surface area contributed by atoms with E-state index < -0.39 is 11.9 Å². The van der Waals surface area contributed by atoms with Gasteiger partial charge in [0.15, 0.2) is 0 Å². The van der Waals surface area contributed by atoms with Crippen molar-refractivity contribution in [2.45, 2.75) is 0 Å². The zero-order valence-corrected chi connectivity index (χ0v) is 12.8. The van der Waals surface area contributed by atoms with Crippen LogP contribution in [0.4, 0.5) is 5.69 Å². The SMILES string of the molecule is COC(=O)/C=C(/Nc1ccc(C(=O)NCCO)cc1)C(=O)OC. The van der Waals surface area contributed by atoms with Gasteiger partial charge in [0.2, 0.25) is 0 Å². The molecule has 8 nitrogen and oxygen atoms in total. The molecule has 0 aliphatic heterocycles. The van der Waals surface area contributed by atoms with Gasteiger partial charge in [-0.15, -0.1) is 0 Å². The number of aliphatic hydroxyl groups excluding tert-OH is 1. The molecule has 0 fully saturated rings. The van der Waals surface area contributed by atoms with Gasteiger partial charge in [0.05, 0.1) is 26.9 Å². The maximum absolute atomic E-state index is 11.7. The van der Waals surface area contributed by atoms with E-state index in [1.165, 1.54) is 26.4 Å². The third kappa shape index (κ3) is 5.79. The van der Waals surface area contributed by atoms with E-state index in [1.807, 2.05) is 0 Å². The van der Waals surface area contributed by atoms with Crippen LogP contribution in [0.15, 0.2) is 36.0 Å². The van der Waals surface area contributed by atoms with Gasteiger partial charge in [-0.2, -0.15) is 0 Å². The first-order chi connectivity index (χ1) is 11.0. The second kappa shape index (κ2) is 9.21. The lowest BCUT2D eigenvalue weighted by atomic mass is 10.2. The number of benzene rings is 1. The van der Waals surface area contributed by atoms with Gasteiger partial charge >= 0.3 is 11.9 Å². The van der Waals surface area contributed by atoms with Crippen LogP contribution in [0.2, 0.25) is 0 Å². The molecule has 124 valence electrons. The highest BCUT2D eigenvalue weighted by atomic mass is 16.5. The highest BCUT2D eigenvalue weighted by Gasteiger charge is 2.13. The van der Waals surface area contributed by atoms with Crippen molar-refractivity contribution in [1.82, 2.24) is 5.32 Å². The summed E-state index contributed by atoms with van der Waals surface area (Å²) >= 11 is 0. The van der Waals surface area contributed by atoms with Crippen LogP contribution in [-0.4, -0.2) is 50.3 Å². The molecule has 0 radical (unpaired) electrons. The molecule has 1 rings (SSSR count). The van der Waals surface area contributed by atoms with Crippen molar-refractivity contribution >= 4 is 23.5 Å². The number of aliphatic hydroxyl groups is 1. The average Bonchev–Trinajstić information content (AvgIpc) is 2.58. The molecular formula is C15H18N2O6. The minimum atomic E-state index is -0.736. The van der Waals surface area contributed by atoms with E-state index in [-0.39, 0.29) is 24.8 Å². The molecule has 0 bridgehead atoms. The Balaban J connectivity index is 2.85. The highest BCUT2D eigenvalue weighted by Crippen LogP contribution is 2.13. The lowest BCUT2D eigenvalue weighted by Gasteiger charge is -2.10. The smallest absolute Gasteiger partial charge is 0.354 e. The minimum Gasteiger partial charge on any atom is -0.466 e. The van der Waals surface area contributed by atoms with E-state index in [0.717, 1.165) is 6.08 Å². The maximum atomic E-state index is 11.7. The summed E-state index contributed by atoms with van der Waals surface area (Å²) < 4.78 is 9.04. The molecule has 0 unspecified atom stereocenters. The maximum Gasteiger partial charge on any atom is 0.354 e. The predicted molar refractivity (Wildman–Crippen MR) is 81.6 cm³/mol. The van der Waals surface area contributed by atoms with Gasteiger partial charge in [0.25, 0.3) is 5.91 Å². The number of rotatable bonds is 7. The van der Waals surface area contributed by atoms with Crippen molar-refractivity contribution in [2.24, 2.45) is 0 Å². The second-order valence-corrected chi connectivity index (χ2v) is 4.25. The van der Waals surface area contributed by atoms with Crippen molar-refractivity contribution in [2.75, 3.05) is 32.7 Å². The molecule has 0 aliphatic carbocycles. The van der Waals surface area contributed by atoms with Gasteiger partial charge in [-0.3, -0.25) is 4.79 Å². The third-order valence-electron chi connectivity index (χ3n) is 2.69. The molecule has 0 aliphatic rings. The van der Waals surface area contributed by atoms with Crippen LogP contribution in [0.5, 0.6) is 0 Å². The van der Waals surface area contributed by atoms with Gasteiger partial charge in [0, 0.05) is 17.8 Å². The summed E-state index contributed by atoms with van der Waals surface area (Å²) in [5.41, 5.74) is 0.765. The molecule has 1 aromatic rings. The zero-order chi connectivity index (χ0) is 17.2. The molecule has 0 saturated heterocycles. The average molecular weight is 322 g/mol. The fourth-order valence-electron chi connectivity index (χ4n) is 1.56. The van der Waals surface area contributed by atoms with Gasteiger partial charge < -0.3 is 25.2 Å². The van der Waals surface area contributed by atoms with Gasteiger partial charge in [-0.05, 0) is 24.3 Å². The lowest BCUT2D eigenvalue weighted by molar-refractivity contribution is -0.138. The number of esters is 2. The van der Waals surface area contributed by atoms with Crippen molar-refractivity contribution in [3.63, 3.8) is 0 Å². The summed E-state index contributed by atoms with van der Waals surface area (Å²) in [7, 11) is 2.37. The van der Waals surface area contributed by atoms with Crippen LogP contribution < -0.4 is 10.6 Å². The number of hydrogen-bond acceptors (Lipinski definition) is 7. The van der Waals surface area contributed by atoms with E-state index in [1.54, 1.807) is 12.1 Å². The lowest BCUT2D eigenvalue weighted by Crippen LogP contribution is -2.26. The number of carbonyl (C=O) groups excluding carboxylic acids is 3. The van der Waals surface area contributed by atoms with Crippen molar-refractivity contribution in [1.29, 1.82) is 0 Å². The normalized spacial score (nSPS) is 10.7. The summed E-state index contributed by atoms with van der Waals surface area (Å²) in [6, 6.07) is 6.17. The molecule has 1 amide bonds. The van der Waals surface area contributed by atoms with Crippen LogP contribution in [0, 0.1) is 0 Å². The van der Waals surface area contributed by atoms with E-state index in [2.05, 4.69) is 20.1 Å². The van der Waals surface area contributed by atoms with Gasteiger partial charge in [0.1, 0.15) is 5.70 Å². The Labute approximate surface area is 133 Å². The summed E-state index contributed by atoms with van der Waals surface area (Å²) in [4.78, 5) is 34.6. The van der Waals surface area contributed by atoms with Gasteiger partial charge in [-0.25, -0.2) is 9.59 Å². The first-order valence-electron chi connectivity index (χ1n) is 6.66. The third-order valence-corrected chi connectivity index (χ3v) is 2.69. The fourth-order valence-corrected chi connectivity index (χ4v) is 1.56. The Morgan fingerprint density at radius 1 is 1.13 bits per heavy atom. The number of carbonyl (C=O) groups is 3. The number of anilines is 1. The summed E-state index contributed by atoms with van der Waals surface area (Å²) in [5.74, 6) is -1.78.